The first kappa shape index (κ1) is 10.5. The summed E-state index contributed by atoms with van der Waals surface area (Å²) in [5.74, 6) is 0. The zero-order valence-electron chi connectivity index (χ0n) is 4.03. The van der Waals surface area contributed by atoms with Gasteiger partial charge in [0.25, 0.3) is 0 Å². The van der Waals surface area contributed by atoms with E-state index in [0.29, 0.717) is 0 Å². The third-order valence-electron chi connectivity index (χ3n) is 0.189. The van der Waals surface area contributed by atoms with Gasteiger partial charge in [-0.3, -0.25) is 0 Å². The molecule has 0 spiro atoms. The standard InChI is InChI=1S/C2H6O4.CO/c3-1-5-6-2-4;1-2/h3-4H,1-2H2;. The van der Waals surface area contributed by atoms with Crippen LogP contribution in [-0.2, 0) is 14.4 Å². The number of hydrogen-bond donors (Lipinski definition) is 2. The maximum absolute atomic E-state index is 7.74. The minimum atomic E-state index is -0.527. The van der Waals surface area contributed by atoms with Crippen molar-refractivity contribution in [3.8, 4) is 0 Å². The molecule has 0 aliphatic rings. The van der Waals surface area contributed by atoms with Crippen molar-refractivity contribution in [2.75, 3.05) is 13.6 Å². The van der Waals surface area contributed by atoms with Crippen molar-refractivity contribution in [1.29, 1.82) is 0 Å². The van der Waals surface area contributed by atoms with Crippen molar-refractivity contribution in [2.24, 2.45) is 0 Å². The van der Waals surface area contributed by atoms with Crippen LogP contribution in [0.25, 0.3) is 0 Å². The van der Waals surface area contributed by atoms with Crippen LogP contribution < -0.4 is 0 Å². The molecule has 48 valence electrons. The number of aliphatic hydroxyl groups excluding tert-OH is 2. The second kappa shape index (κ2) is 16.0. The Balaban J connectivity index is 0. The molecule has 0 aliphatic carbocycles. The molecule has 0 aromatic heterocycles. The van der Waals surface area contributed by atoms with Crippen molar-refractivity contribution in [3.63, 3.8) is 0 Å². The van der Waals surface area contributed by atoms with Crippen molar-refractivity contribution in [1.82, 2.24) is 0 Å². The Bertz CT molecular complexity index is 38.2. The SMILES string of the molecule is OCOOCO.[C-]#[O+]. The van der Waals surface area contributed by atoms with Gasteiger partial charge in [0.1, 0.15) is 0 Å². The van der Waals surface area contributed by atoms with Crippen LogP contribution in [0.15, 0.2) is 0 Å². The fraction of sp³-hybridized carbons (Fsp3) is 0.667. The topological polar surface area (TPSA) is 78.8 Å². The molecular formula is C3H6O5. The van der Waals surface area contributed by atoms with E-state index < -0.39 is 13.6 Å². The number of aliphatic hydroxyl groups is 2. The van der Waals surface area contributed by atoms with E-state index in [1.807, 2.05) is 0 Å². The average Bonchev–Trinajstić information content (AvgIpc) is 1.88. The molecule has 0 unspecified atom stereocenters. The summed E-state index contributed by atoms with van der Waals surface area (Å²) in [4.78, 5) is 7.58. The number of hydrogen-bond acceptors (Lipinski definition) is 4. The Kier molecular flexibility index (Phi) is 21.1. The first-order valence-electron chi connectivity index (χ1n) is 1.58. The van der Waals surface area contributed by atoms with E-state index in [1.54, 1.807) is 0 Å². The first-order chi connectivity index (χ1) is 3.91. The molecule has 0 aliphatic heterocycles. The molecule has 0 bridgehead atoms. The van der Waals surface area contributed by atoms with Gasteiger partial charge in [-0.15, -0.1) is 0 Å². The normalized spacial score (nSPS) is 7.00. The van der Waals surface area contributed by atoms with Crippen molar-refractivity contribution >= 4 is 0 Å². The molecule has 0 saturated carbocycles. The molecule has 2 N–H and O–H groups in total. The van der Waals surface area contributed by atoms with Crippen LogP contribution in [0.5, 0.6) is 0 Å². The molecule has 0 saturated heterocycles. The Morgan fingerprint density at radius 3 is 1.50 bits per heavy atom. The molecule has 0 aromatic carbocycles. The van der Waals surface area contributed by atoms with Crippen LogP contribution in [-0.4, -0.2) is 23.8 Å². The summed E-state index contributed by atoms with van der Waals surface area (Å²) in [6.45, 7) is 3.45. The van der Waals surface area contributed by atoms with E-state index in [9.17, 15) is 0 Å². The second-order valence-electron chi connectivity index (χ2n) is 0.494. The van der Waals surface area contributed by atoms with Gasteiger partial charge < -0.3 is 10.2 Å². The van der Waals surface area contributed by atoms with Gasteiger partial charge in [0, 0.05) is 0 Å². The summed E-state index contributed by atoms with van der Waals surface area (Å²) in [6, 6.07) is 0. The van der Waals surface area contributed by atoms with E-state index >= 15 is 0 Å². The van der Waals surface area contributed by atoms with Gasteiger partial charge in [-0.25, -0.2) is 9.78 Å². The molecule has 0 aromatic rings. The third kappa shape index (κ3) is 17.6. The molecule has 0 heterocycles. The summed E-state index contributed by atoms with van der Waals surface area (Å²) >= 11 is 0. The molecule has 0 radical (unpaired) electrons. The van der Waals surface area contributed by atoms with Crippen molar-refractivity contribution in [2.45, 2.75) is 0 Å². The Labute approximate surface area is 46.1 Å². The maximum atomic E-state index is 7.74. The molecule has 0 rings (SSSR count). The quantitative estimate of drug-likeness (QED) is 0.123. The first-order valence-corrected chi connectivity index (χ1v) is 1.58. The van der Waals surface area contributed by atoms with Gasteiger partial charge in [0.2, 0.25) is 0 Å². The van der Waals surface area contributed by atoms with E-state index in [4.69, 9.17) is 14.9 Å². The summed E-state index contributed by atoms with van der Waals surface area (Å²) in [5, 5.41) is 15.5. The predicted molar refractivity (Wildman–Crippen MR) is 20.3 cm³/mol. The van der Waals surface area contributed by atoms with Crippen LogP contribution >= 0.6 is 0 Å². The van der Waals surface area contributed by atoms with E-state index in [0.717, 1.165) is 0 Å². The number of rotatable bonds is 3. The molecule has 5 nitrogen and oxygen atoms in total. The van der Waals surface area contributed by atoms with Gasteiger partial charge in [0.15, 0.2) is 13.6 Å². The van der Waals surface area contributed by atoms with Crippen LogP contribution in [0, 0.1) is 6.65 Å². The monoisotopic (exact) mass is 122 g/mol. The third-order valence-corrected chi connectivity index (χ3v) is 0.189. The fourth-order valence-electron chi connectivity index (χ4n) is 0.0745. The van der Waals surface area contributed by atoms with Gasteiger partial charge in [-0.2, -0.15) is 0 Å². The van der Waals surface area contributed by atoms with Crippen molar-refractivity contribution < 1.29 is 24.6 Å². The molecule has 0 amide bonds. The average molecular weight is 122 g/mol. The van der Waals surface area contributed by atoms with Gasteiger partial charge in [-0.05, 0) is 0 Å². The fourth-order valence-corrected chi connectivity index (χ4v) is 0.0745. The summed E-state index contributed by atoms with van der Waals surface area (Å²) in [5.41, 5.74) is 0. The molecular weight excluding hydrogens is 116 g/mol. The molecule has 0 atom stereocenters. The van der Waals surface area contributed by atoms with Crippen LogP contribution in [0.2, 0.25) is 0 Å². The molecule has 8 heavy (non-hydrogen) atoms. The predicted octanol–water partition coefficient (Wildman–Crippen LogP) is -1.20. The van der Waals surface area contributed by atoms with Gasteiger partial charge in [-0.1, -0.05) is 0 Å². The van der Waals surface area contributed by atoms with E-state index in [1.165, 1.54) is 0 Å². The van der Waals surface area contributed by atoms with Crippen molar-refractivity contribution in [3.05, 3.63) is 6.65 Å². The molecule has 0 fully saturated rings. The summed E-state index contributed by atoms with van der Waals surface area (Å²) < 4.78 is 7.50. The van der Waals surface area contributed by atoms with Crippen LogP contribution in [0.4, 0.5) is 0 Å². The minimum absolute atomic E-state index is 0.527. The van der Waals surface area contributed by atoms with Gasteiger partial charge in [0.05, 0.1) is 0 Å². The van der Waals surface area contributed by atoms with Crippen LogP contribution in [0.3, 0.4) is 0 Å². The van der Waals surface area contributed by atoms with E-state index in [2.05, 4.69) is 16.4 Å². The van der Waals surface area contributed by atoms with Crippen LogP contribution in [0.1, 0.15) is 0 Å². The molecule has 5 heteroatoms. The van der Waals surface area contributed by atoms with Gasteiger partial charge >= 0.3 is 11.3 Å². The zero-order chi connectivity index (χ0) is 6.83. The Morgan fingerprint density at radius 2 is 1.38 bits per heavy atom. The second-order valence-corrected chi connectivity index (χ2v) is 0.494. The summed E-state index contributed by atoms with van der Waals surface area (Å²) in [6.07, 6.45) is 0. The Morgan fingerprint density at radius 1 is 1.12 bits per heavy atom. The zero-order valence-corrected chi connectivity index (χ0v) is 4.03. The van der Waals surface area contributed by atoms with E-state index in [-0.39, 0.29) is 0 Å². The Hall–Kier alpha value is -0.420. The summed E-state index contributed by atoms with van der Waals surface area (Å²) in [7, 11) is 0.